The monoisotopic (exact) mass is 584 g/mol. The van der Waals surface area contributed by atoms with Crippen LogP contribution in [0, 0.1) is 0 Å². The number of nitrogens with zero attached hydrogens (tertiary/aromatic N) is 2. The van der Waals surface area contributed by atoms with E-state index < -0.39 is 0 Å². The van der Waals surface area contributed by atoms with E-state index in [1.54, 1.807) is 0 Å². The van der Waals surface area contributed by atoms with Crippen LogP contribution < -0.4 is 9.80 Å². The van der Waals surface area contributed by atoms with E-state index in [9.17, 15) is 0 Å². The number of hydrogen-bond acceptors (Lipinski definition) is 2. The van der Waals surface area contributed by atoms with E-state index in [0.717, 1.165) is 56.4 Å². The molecule has 206 valence electrons. The molecule has 0 fully saturated rings. The summed E-state index contributed by atoms with van der Waals surface area (Å²) in [5.74, 6) is 0.955. The first-order valence-corrected chi connectivity index (χ1v) is 15.0. The van der Waals surface area contributed by atoms with E-state index in [4.69, 9.17) is 23.2 Å². The lowest BCUT2D eigenvalue weighted by Crippen LogP contribution is -2.10. The van der Waals surface area contributed by atoms with Crippen molar-refractivity contribution < 1.29 is 0 Å². The van der Waals surface area contributed by atoms with Gasteiger partial charge in [0.2, 0.25) is 0 Å². The van der Waals surface area contributed by atoms with Gasteiger partial charge in [0.15, 0.2) is 0 Å². The Morgan fingerprint density at radius 3 is 1.02 bits per heavy atom. The zero-order valence-corrected chi connectivity index (χ0v) is 24.6. The molecular weight excluding hydrogens is 555 g/mol. The van der Waals surface area contributed by atoms with Crippen LogP contribution in [0.2, 0.25) is 0 Å². The van der Waals surface area contributed by atoms with E-state index in [1.807, 2.05) is 12.1 Å². The van der Waals surface area contributed by atoms with Crippen LogP contribution in [0.15, 0.2) is 158 Å². The number of rotatable bonds is 9. The number of anilines is 6. The molecule has 0 saturated heterocycles. The largest absolute Gasteiger partial charge is 0.310 e. The Morgan fingerprint density at radius 1 is 0.333 bits per heavy atom. The van der Waals surface area contributed by atoms with Gasteiger partial charge in [-0.1, -0.05) is 84.9 Å². The molecule has 0 aliphatic heterocycles. The molecule has 0 aliphatic rings. The van der Waals surface area contributed by atoms with Gasteiger partial charge in [-0.3, -0.25) is 0 Å². The summed E-state index contributed by atoms with van der Waals surface area (Å²) >= 11 is 12.3. The highest BCUT2D eigenvalue weighted by atomic mass is 35.5. The van der Waals surface area contributed by atoms with Crippen molar-refractivity contribution in [1.82, 2.24) is 0 Å². The standard InChI is InChI=1S/C38H30Cl2N2/c39-27-29-9-7-15-37(25-29)41(33-11-3-1-4-12-33)35-21-17-31(18-22-35)32-19-23-36(24-20-32)42(34-13-5-2-6-14-34)38-16-8-10-30(26-38)28-40/h1-26H,27-28H2. The fraction of sp³-hybridized carbons (Fsp3) is 0.0526. The second-order valence-electron chi connectivity index (χ2n) is 10.0. The SMILES string of the molecule is ClCc1cccc(N(c2ccccc2)c2ccc(-c3ccc(N(c4ccccc4)c4cccc(CCl)c4)cc3)cc2)c1. The molecule has 0 unspecified atom stereocenters. The molecule has 0 aromatic heterocycles. The summed E-state index contributed by atoms with van der Waals surface area (Å²) in [6, 6.07) is 55.1. The Kier molecular flexibility index (Phi) is 8.56. The molecule has 0 saturated carbocycles. The lowest BCUT2D eigenvalue weighted by molar-refractivity contribution is 1.26. The molecule has 0 radical (unpaired) electrons. The predicted octanol–water partition coefficient (Wildman–Crippen LogP) is 11.8. The van der Waals surface area contributed by atoms with Crippen molar-refractivity contribution in [3.05, 3.63) is 169 Å². The molecule has 0 bridgehead atoms. The van der Waals surface area contributed by atoms with Crippen molar-refractivity contribution in [2.24, 2.45) is 0 Å². The summed E-state index contributed by atoms with van der Waals surface area (Å²) in [5.41, 5.74) is 11.0. The highest BCUT2D eigenvalue weighted by Crippen LogP contribution is 2.38. The van der Waals surface area contributed by atoms with Gasteiger partial charge in [0.1, 0.15) is 0 Å². The van der Waals surface area contributed by atoms with Crippen LogP contribution in [0.3, 0.4) is 0 Å². The second kappa shape index (κ2) is 13.0. The van der Waals surface area contributed by atoms with Crippen molar-refractivity contribution in [3.63, 3.8) is 0 Å². The normalized spacial score (nSPS) is 10.8. The summed E-state index contributed by atoms with van der Waals surface area (Å²) in [6.07, 6.45) is 0. The van der Waals surface area contributed by atoms with Crippen LogP contribution >= 0.6 is 23.2 Å². The number of para-hydroxylation sites is 2. The van der Waals surface area contributed by atoms with Crippen LogP contribution in [0.25, 0.3) is 11.1 Å². The predicted molar refractivity (Wildman–Crippen MR) is 180 cm³/mol. The molecule has 0 amide bonds. The van der Waals surface area contributed by atoms with Crippen molar-refractivity contribution in [2.75, 3.05) is 9.80 Å². The minimum Gasteiger partial charge on any atom is -0.310 e. The Morgan fingerprint density at radius 2 is 0.667 bits per heavy atom. The van der Waals surface area contributed by atoms with Gasteiger partial charge in [0.25, 0.3) is 0 Å². The fourth-order valence-corrected chi connectivity index (χ4v) is 5.54. The fourth-order valence-electron chi connectivity index (χ4n) is 5.21. The molecule has 0 aliphatic carbocycles. The first kappa shape index (κ1) is 27.7. The summed E-state index contributed by atoms with van der Waals surface area (Å²) in [5, 5.41) is 0. The van der Waals surface area contributed by atoms with E-state index in [2.05, 4.69) is 155 Å². The van der Waals surface area contributed by atoms with Gasteiger partial charge in [0, 0.05) is 45.9 Å². The molecule has 42 heavy (non-hydrogen) atoms. The zero-order chi connectivity index (χ0) is 28.7. The van der Waals surface area contributed by atoms with Gasteiger partial charge < -0.3 is 9.80 Å². The third-order valence-corrected chi connectivity index (χ3v) is 7.88. The maximum atomic E-state index is 6.17. The number of hydrogen-bond donors (Lipinski definition) is 0. The lowest BCUT2D eigenvalue weighted by Gasteiger charge is -2.26. The van der Waals surface area contributed by atoms with Crippen LogP contribution in [0.1, 0.15) is 11.1 Å². The third kappa shape index (κ3) is 6.06. The Labute approximate surface area is 258 Å². The van der Waals surface area contributed by atoms with Crippen LogP contribution in [-0.2, 0) is 11.8 Å². The highest BCUT2D eigenvalue weighted by molar-refractivity contribution is 6.17. The highest BCUT2D eigenvalue weighted by Gasteiger charge is 2.15. The van der Waals surface area contributed by atoms with Gasteiger partial charge >= 0.3 is 0 Å². The maximum absolute atomic E-state index is 6.17. The lowest BCUT2D eigenvalue weighted by atomic mass is 10.0. The summed E-state index contributed by atoms with van der Waals surface area (Å²) in [6.45, 7) is 0. The number of halogens is 2. The van der Waals surface area contributed by atoms with Gasteiger partial charge in [-0.15, -0.1) is 23.2 Å². The molecule has 6 aromatic rings. The summed E-state index contributed by atoms with van der Waals surface area (Å²) in [7, 11) is 0. The molecule has 4 heteroatoms. The molecule has 6 aromatic carbocycles. The minimum absolute atomic E-state index is 0.477. The van der Waals surface area contributed by atoms with E-state index >= 15 is 0 Å². The second-order valence-corrected chi connectivity index (χ2v) is 10.6. The van der Waals surface area contributed by atoms with Crippen molar-refractivity contribution in [1.29, 1.82) is 0 Å². The van der Waals surface area contributed by atoms with Gasteiger partial charge in [-0.2, -0.15) is 0 Å². The Bertz CT molecular complexity index is 1600. The van der Waals surface area contributed by atoms with Crippen molar-refractivity contribution >= 4 is 57.3 Å². The first-order chi connectivity index (χ1) is 20.7. The van der Waals surface area contributed by atoms with Crippen LogP contribution in [0.4, 0.5) is 34.1 Å². The number of benzene rings is 6. The van der Waals surface area contributed by atoms with E-state index in [-0.39, 0.29) is 0 Å². The Balaban J connectivity index is 1.32. The average Bonchev–Trinajstić information content (AvgIpc) is 3.07. The summed E-state index contributed by atoms with van der Waals surface area (Å²) < 4.78 is 0. The topological polar surface area (TPSA) is 6.48 Å². The van der Waals surface area contributed by atoms with E-state index in [0.29, 0.717) is 11.8 Å². The van der Waals surface area contributed by atoms with E-state index in [1.165, 1.54) is 0 Å². The molecule has 6 rings (SSSR count). The van der Waals surface area contributed by atoms with Gasteiger partial charge in [0.05, 0.1) is 0 Å². The third-order valence-electron chi connectivity index (χ3n) is 7.26. The molecular formula is C38H30Cl2N2. The smallest absolute Gasteiger partial charge is 0.0474 e. The van der Waals surface area contributed by atoms with Crippen molar-refractivity contribution in [3.8, 4) is 11.1 Å². The van der Waals surface area contributed by atoms with Crippen LogP contribution in [-0.4, -0.2) is 0 Å². The van der Waals surface area contributed by atoms with Gasteiger partial charge in [-0.05, 0) is 95.1 Å². The molecule has 0 spiro atoms. The zero-order valence-electron chi connectivity index (χ0n) is 23.1. The minimum atomic E-state index is 0.477. The number of alkyl halides is 2. The Hall–Kier alpha value is -4.50. The van der Waals surface area contributed by atoms with Crippen LogP contribution in [0.5, 0.6) is 0 Å². The average molecular weight is 586 g/mol. The maximum Gasteiger partial charge on any atom is 0.0474 e. The molecule has 0 heterocycles. The van der Waals surface area contributed by atoms with Gasteiger partial charge in [-0.25, -0.2) is 0 Å². The summed E-state index contributed by atoms with van der Waals surface area (Å²) in [4.78, 5) is 4.52. The molecule has 2 nitrogen and oxygen atoms in total. The van der Waals surface area contributed by atoms with Crippen molar-refractivity contribution in [2.45, 2.75) is 11.8 Å². The quantitative estimate of drug-likeness (QED) is 0.156. The molecule has 0 atom stereocenters. The first-order valence-electron chi connectivity index (χ1n) is 13.9. The molecule has 0 N–H and O–H groups in total.